The minimum absolute atomic E-state index is 0.0296. The Labute approximate surface area is 145 Å². The second-order valence-electron chi connectivity index (χ2n) is 7.99. The number of esters is 1. The zero-order chi connectivity index (χ0) is 17.2. The first-order valence-electron chi connectivity index (χ1n) is 9.42. The molecule has 4 atom stereocenters. The molecule has 0 aromatic heterocycles. The van der Waals surface area contributed by atoms with E-state index in [1.165, 1.54) is 12.0 Å². The molecule has 1 aliphatic carbocycles. The summed E-state index contributed by atoms with van der Waals surface area (Å²) < 4.78 is 12.4. The highest BCUT2D eigenvalue weighted by atomic mass is 16.7. The molecule has 0 unspecified atom stereocenters. The van der Waals surface area contributed by atoms with E-state index in [0.717, 1.165) is 25.7 Å². The Morgan fingerprint density at radius 1 is 1.21 bits per heavy atom. The number of carbonyl (C=O) groups excluding carboxylic acids is 1. The van der Waals surface area contributed by atoms with Crippen molar-refractivity contribution in [1.82, 2.24) is 0 Å². The van der Waals surface area contributed by atoms with E-state index in [2.05, 4.69) is 45.0 Å². The van der Waals surface area contributed by atoms with Gasteiger partial charge in [-0.2, -0.15) is 0 Å². The Bertz CT molecular complexity index is 553. The van der Waals surface area contributed by atoms with Gasteiger partial charge in [-0.05, 0) is 43.1 Å². The fraction of sp³-hybridized carbons (Fsp3) is 0.667. The van der Waals surface area contributed by atoms with Crippen LogP contribution in [0.5, 0.6) is 0 Å². The van der Waals surface area contributed by atoms with Gasteiger partial charge < -0.3 is 9.47 Å². The maximum Gasteiger partial charge on any atom is 0.310 e. The summed E-state index contributed by atoms with van der Waals surface area (Å²) in [4.78, 5) is 12.3. The van der Waals surface area contributed by atoms with Crippen LogP contribution in [-0.4, -0.2) is 17.9 Å². The fourth-order valence-electron chi connectivity index (χ4n) is 4.42. The standard InChI is InChI=1S/C21H30O3/c1-15(2)19-12-9-16(3)14-21(19)23-18(13-20(22)24-21)11-10-17-7-5-4-6-8-17/h4-8,15-16,18-19H,9-14H2,1-3H3/t16-,18+,19+,21+/m1/s1. The Hall–Kier alpha value is -1.35. The molecule has 3 heteroatoms. The minimum atomic E-state index is -0.692. The number of benzene rings is 1. The molecule has 3 rings (SSSR count). The predicted molar refractivity (Wildman–Crippen MR) is 94.4 cm³/mol. The predicted octanol–water partition coefficient (Wildman–Crippen LogP) is 4.74. The molecule has 0 N–H and O–H groups in total. The second kappa shape index (κ2) is 7.26. The number of hydrogen-bond acceptors (Lipinski definition) is 3. The average molecular weight is 330 g/mol. The van der Waals surface area contributed by atoms with Crippen molar-refractivity contribution in [3.63, 3.8) is 0 Å². The van der Waals surface area contributed by atoms with Crippen LogP contribution in [0.15, 0.2) is 30.3 Å². The van der Waals surface area contributed by atoms with E-state index < -0.39 is 5.79 Å². The largest absolute Gasteiger partial charge is 0.433 e. The normalized spacial score (nSPS) is 33.7. The summed E-state index contributed by atoms with van der Waals surface area (Å²) in [7, 11) is 0. The highest BCUT2D eigenvalue weighted by Gasteiger charge is 2.52. The van der Waals surface area contributed by atoms with Crippen LogP contribution in [0, 0.1) is 17.8 Å². The van der Waals surface area contributed by atoms with Crippen LogP contribution < -0.4 is 0 Å². The summed E-state index contributed by atoms with van der Waals surface area (Å²) in [5, 5.41) is 0. The molecule has 0 amide bonds. The van der Waals surface area contributed by atoms with E-state index in [1.807, 2.05) is 6.07 Å². The summed E-state index contributed by atoms with van der Waals surface area (Å²) >= 11 is 0. The molecule has 1 aromatic carbocycles. The molecule has 2 aliphatic rings. The van der Waals surface area contributed by atoms with Crippen LogP contribution in [0.4, 0.5) is 0 Å². The second-order valence-corrected chi connectivity index (χ2v) is 7.99. The zero-order valence-corrected chi connectivity index (χ0v) is 15.2. The molecular weight excluding hydrogens is 300 g/mol. The molecule has 0 bridgehead atoms. The van der Waals surface area contributed by atoms with Crippen LogP contribution in [0.25, 0.3) is 0 Å². The van der Waals surface area contributed by atoms with Crippen molar-refractivity contribution >= 4 is 5.97 Å². The van der Waals surface area contributed by atoms with Gasteiger partial charge in [0.1, 0.15) is 0 Å². The highest BCUT2D eigenvalue weighted by molar-refractivity contribution is 5.71. The van der Waals surface area contributed by atoms with E-state index in [1.54, 1.807) is 0 Å². The van der Waals surface area contributed by atoms with Gasteiger partial charge >= 0.3 is 5.97 Å². The molecule has 1 saturated carbocycles. The summed E-state index contributed by atoms with van der Waals surface area (Å²) in [6.45, 7) is 6.67. The van der Waals surface area contributed by atoms with E-state index in [-0.39, 0.29) is 12.1 Å². The maximum atomic E-state index is 12.3. The van der Waals surface area contributed by atoms with Crippen molar-refractivity contribution in [2.24, 2.45) is 17.8 Å². The van der Waals surface area contributed by atoms with Crippen LogP contribution in [0.1, 0.15) is 58.4 Å². The Morgan fingerprint density at radius 2 is 1.96 bits per heavy atom. The summed E-state index contributed by atoms with van der Waals surface area (Å²) in [6.07, 6.45) is 5.28. The lowest BCUT2D eigenvalue weighted by molar-refractivity contribution is -0.316. The smallest absolute Gasteiger partial charge is 0.310 e. The van der Waals surface area contributed by atoms with E-state index >= 15 is 0 Å². The number of ether oxygens (including phenoxy) is 2. The third-order valence-electron chi connectivity index (χ3n) is 5.62. The van der Waals surface area contributed by atoms with Crippen molar-refractivity contribution in [3.8, 4) is 0 Å². The third kappa shape index (κ3) is 3.83. The lowest BCUT2D eigenvalue weighted by atomic mass is 9.72. The Balaban J connectivity index is 1.72. The zero-order valence-electron chi connectivity index (χ0n) is 15.2. The van der Waals surface area contributed by atoms with E-state index in [9.17, 15) is 4.79 Å². The van der Waals surface area contributed by atoms with Crippen LogP contribution in [-0.2, 0) is 20.7 Å². The van der Waals surface area contributed by atoms with Gasteiger partial charge in [0.05, 0.1) is 12.5 Å². The molecule has 132 valence electrons. The van der Waals surface area contributed by atoms with Gasteiger partial charge in [0.15, 0.2) is 0 Å². The number of carbonyl (C=O) groups is 1. The Kier molecular flexibility index (Phi) is 5.29. The molecule has 1 aromatic rings. The molecule has 0 radical (unpaired) electrons. The first-order chi connectivity index (χ1) is 11.5. The van der Waals surface area contributed by atoms with E-state index in [0.29, 0.717) is 24.2 Å². The summed E-state index contributed by atoms with van der Waals surface area (Å²) in [6, 6.07) is 10.4. The maximum absolute atomic E-state index is 12.3. The minimum Gasteiger partial charge on any atom is -0.433 e. The molecule has 1 aliphatic heterocycles. The summed E-state index contributed by atoms with van der Waals surface area (Å²) in [5.41, 5.74) is 1.30. The topological polar surface area (TPSA) is 35.5 Å². The SMILES string of the molecule is CC(C)[C@@H]1CC[C@@H](C)C[C@]12OC(=O)C[C@H](CCc1ccccc1)O2. The van der Waals surface area contributed by atoms with Crippen molar-refractivity contribution in [2.45, 2.75) is 71.2 Å². The van der Waals surface area contributed by atoms with Gasteiger partial charge in [0.2, 0.25) is 5.79 Å². The molecule has 2 fully saturated rings. The molecule has 1 spiro atoms. The van der Waals surface area contributed by atoms with Crippen molar-refractivity contribution in [2.75, 3.05) is 0 Å². The molecule has 1 saturated heterocycles. The molecular formula is C21H30O3. The van der Waals surface area contributed by atoms with Gasteiger partial charge in [-0.3, -0.25) is 4.79 Å². The van der Waals surface area contributed by atoms with Crippen molar-refractivity contribution in [1.29, 1.82) is 0 Å². The number of aryl methyl sites for hydroxylation is 1. The first-order valence-corrected chi connectivity index (χ1v) is 9.42. The Morgan fingerprint density at radius 3 is 2.67 bits per heavy atom. The van der Waals surface area contributed by atoms with Crippen LogP contribution >= 0.6 is 0 Å². The fourth-order valence-corrected chi connectivity index (χ4v) is 4.42. The molecule has 3 nitrogen and oxygen atoms in total. The van der Waals surface area contributed by atoms with Gasteiger partial charge in [0, 0.05) is 12.3 Å². The lowest BCUT2D eigenvalue weighted by Crippen LogP contribution is -2.56. The average Bonchev–Trinajstić information content (AvgIpc) is 2.52. The highest BCUT2D eigenvalue weighted by Crippen LogP contribution is 2.47. The van der Waals surface area contributed by atoms with E-state index in [4.69, 9.17) is 9.47 Å². The van der Waals surface area contributed by atoms with Crippen molar-refractivity contribution in [3.05, 3.63) is 35.9 Å². The first kappa shape index (κ1) is 17.5. The lowest BCUT2D eigenvalue weighted by Gasteiger charge is -2.50. The quantitative estimate of drug-likeness (QED) is 0.748. The van der Waals surface area contributed by atoms with Gasteiger partial charge in [-0.15, -0.1) is 0 Å². The van der Waals surface area contributed by atoms with Crippen LogP contribution in [0.3, 0.4) is 0 Å². The third-order valence-corrected chi connectivity index (χ3v) is 5.62. The van der Waals surface area contributed by atoms with Gasteiger partial charge in [-0.25, -0.2) is 0 Å². The molecule has 24 heavy (non-hydrogen) atoms. The summed E-state index contributed by atoms with van der Waals surface area (Å²) in [5.74, 6) is 0.526. The number of rotatable bonds is 4. The van der Waals surface area contributed by atoms with Crippen molar-refractivity contribution < 1.29 is 14.3 Å². The van der Waals surface area contributed by atoms with Gasteiger partial charge in [-0.1, -0.05) is 51.1 Å². The molecule has 1 heterocycles. The monoisotopic (exact) mass is 330 g/mol. The van der Waals surface area contributed by atoms with Crippen LogP contribution in [0.2, 0.25) is 0 Å². The van der Waals surface area contributed by atoms with Gasteiger partial charge in [0.25, 0.3) is 0 Å². The number of hydrogen-bond donors (Lipinski definition) is 0.